The first kappa shape index (κ1) is 27.6. The molecule has 1 saturated heterocycles. The van der Waals surface area contributed by atoms with Crippen LogP contribution in [0.4, 0.5) is 19.3 Å². The van der Waals surface area contributed by atoms with Crippen molar-refractivity contribution < 1.29 is 31.6 Å². The first-order valence-electron chi connectivity index (χ1n) is 11.7. The van der Waals surface area contributed by atoms with Gasteiger partial charge in [-0.2, -0.15) is 8.78 Å². The zero-order valence-corrected chi connectivity index (χ0v) is 21.3. The van der Waals surface area contributed by atoms with Crippen LogP contribution in [0, 0.1) is 0 Å². The Kier molecular flexibility index (Phi) is 8.44. The maximum atomic E-state index is 13.5. The van der Waals surface area contributed by atoms with Crippen LogP contribution in [0.2, 0.25) is 0 Å². The number of hydrogen-bond donors (Lipinski definition) is 2. The Hall–Kier alpha value is -4.46. The van der Waals surface area contributed by atoms with E-state index in [0.29, 0.717) is 11.4 Å². The van der Waals surface area contributed by atoms with Crippen LogP contribution in [0.25, 0.3) is 11.1 Å². The quantitative estimate of drug-likeness (QED) is 0.441. The number of benzene rings is 1. The van der Waals surface area contributed by atoms with Crippen molar-refractivity contribution in [3.05, 3.63) is 78.4 Å². The van der Waals surface area contributed by atoms with Gasteiger partial charge in [0.05, 0.1) is 29.3 Å². The van der Waals surface area contributed by atoms with E-state index in [0.717, 1.165) is 11.1 Å². The summed E-state index contributed by atoms with van der Waals surface area (Å²) in [5, 5.41) is 0. The van der Waals surface area contributed by atoms with Crippen LogP contribution in [0.5, 0.6) is 0 Å². The van der Waals surface area contributed by atoms with Gasteiger partial charge >= 0.3 is 18.4 Å². The standard InChI is InChI=1S/C25H24F2N6O5S/c26-22(27)24(35)31-30-23(34)19-3-6-20(29-15-19)16-33(25(36)32-10-12-39(37,38)13-11-32)21-7-4-17(5-8-21)18-2-1-9-28-14-18/h1-9,14-15,22H,10-13,16H2,(H,30,34)(H,31,35). The number of anilines is 1. The first-order chi connectivity index (χ1) is 18.6. The highest BCUT2D eigenvalue weighted by molar-refractivity contribution is 7.91. The number of carbonyl (C=O) groups is 3. The maximum Gasteiger partial charge on any atom is 0.324 e. The number of nitrogens with zero attached hydrogens (tertiary/aromatic N) is 4. The number of alkyl halides is 2. The van der Waals surface area contributed by atoms with E-state index in [1.54, 1.807) is 30.0 Å². The van der Waals surface area contributed by atoms with Crippen molar-refractivity contribution in [1.29, 1.82) is 0 Å². The Balaban J connectivity index is 1.53. The number of carbonyl (C=O) groups excluding carboxylic acids is 3. The highest BCUT2D eigenvalue weighted by Crippen LogP contribution is 2.25. The predicted octanol–water partition coefficient (Wildman–Crippen LogP) is 2.03. The van der Waals surface area contributed by atoms with Crippen molar-refractivity contribution >= 4 is 33.4 Å². The molecule has 3 aromatic rings. The molecule has 0 aliphatic carbocycles. The Labute approximate surface area is 222 Å². The largest absolute Gasteiger partial charge is 0.324 e. The van der Waals surface area contributed by atoms with Gasteiger partial charge in [0, 0.05) is 37.4 Å². The van der Waals surface area contributed by atoms with E-state index in [1.165, 1.54) is 28.1 Å². The van der Waals surface area contributed by atoms with Crippen molar-refractivity contribution in [2.24, 2.45) is 0 Å². The molecule has 0 radical (unpaired) electrons. The third kappa shape index (κ3) is 7.10. The summed E-state index contributed by atoms with van der Waals surface area (Å²) in [5.74, 6) is -2.76. The lowest BCUT2D eigenvalue weighted by molar-refractivity contribution is -0.132. The van der Waals surface area contributed by atoms with Gasteiger partial charge in [0.1, 0.15) is 0 Å². The Morgan fingerprint density at radius 3 is 2.26 bits per heavy atom. The second-order valence-electron chi connectivity index (χ2n) is 8.58. The SMILES string of the molecule is O=C(NNC(=O)C(F)F)c1ccc(CN(C(=O)N2CCS(=O)(=O)CC2)c2ccc(-c3cccnc3)cc2)nc1. The zero-order valence-electron chi connectivity index (χ0n) is 20.5. The molecule has 2 aromatic heterocycles. The zero-order chi connectivity index (χ0) is 28.0. The minimum Gasteiger partial charge on any atom is -0.322 e. The number of amides is 4. The second kappa shape index (κ2) is 11.9. The number of hydrogen-bond acceptors (Lipinski definition) is 7. The summed E-state index contributed by atoms with van der Waals surface area (Å²) >= 11 is 0. The van der Waals surface area contributed by atoms with E-state index in [4.69, 9.17) is 0 Å². The average Bonchev–Trinajstić information content (AvgIpc) is 2.95. The molecule has 1 aliphatic heterocycles. The third-order valence-electron chi connectivity index (χ3n) is 5.92. The molecule has 0 atom stereocenters. The molecule has 0 spiro atoms. The van der Waals surface area contributed by atoms with Gasteiger partial charge in [-0.3, -0.25) is 35.3 Å². The Morgan fingerprint density at radius 1 is 0.949 bits per heavy atom. The number of pyridine rings is 2. The van der Waals surface area contributed by atoms with Crippen molar-refractivity contribution in [2.75, 3.05) is 29.5 Å². The van der Waals surface area contributed by atoms with Crippen LogP contribution in [0.15, 0.2) is 67.1 Å². The number of urea groups is 1. The van der Waals surface area contributed by atoms with Crippen LogP contribution in [0.1, 0.15) is 16.1 Å². The molecule has 2 N–H and O–H groups in total. The molecule has 4 rings (SSSR count). The minimum atomic E-state index is -3.28. The van der Waals surface area contributed by atoms with Crippen molar-refractivity contribution in [1.82, 2.24) is 25.7 Å². The monoisotopic (exact) mass is 558 g/mol. The van der Waals surface area contributed by atoms with E-state index < -0.39 is 34.1 Å². The van der Waals surface area contributed by atoms with E-state index in [2.05, 4.69) is 9.97 Å². The molecule has 0 saturated carbocycles. The second-order valence-corrected chi connectivity index (χ2v) is 10.9. The molecule has 3 heterocycles. The molecule has 4 amide bonds. The maximum absolute atomic E-state index is 13.5. The molecular weight excluding hydrogens is 534 g/mol. The van der Waals surface area contributed by atoms with Crippen LogP contribution >= 0.6 is 0 Å². The number of halogens is 2. The third-order valence-corrected chi connectivity index (χ3v) is 7.53. The Morgan fingerprint density at radius 2 is 1.67 bits per heavy atom. The Bertz CT molecular complexity index is 1420. The number of nitrogens with one attached hydrogen (secondary N) is 2. The van der Waals surface area contributed by atoms with Gasteiger partial charge in [-0.25, -0.2) is 13.2 Å². The summed E-state index contributed by atoms with van der Waals surface area (Å²) in [6.07, 6.45) is 1.28. The van der Waals surface area contributed by atoms with Gasteiger partial charge in [-0.15, -0.1) is 0 Å². The van der Waals surface area contributed by atoms with Gasteiger partial charge in [-0.05, 0) is 41.5 Å². The van der Waals surface area contributed by atoms with Gasteiger partial charge in [-0.1, -0.05) is 18.2 Å². The normalized spacial score (nSPS) is 14.5. The van der Waals surface area contributed by atoms with E-state index in [-0.39, 0.29) is 36.7 Å². The number of hydrazine groups is 1. The fraction of sp³-hybridized carbons (Fsp3) is 0.240. The van der Waals surface area contributed by atoms with Gasteiger partial charge < -0.3 is 4.90 Å². The lowest BCUT2D eigenvalue weighted by Crippen LogP contribution is -2.49. The smallest absolute Gasteiger partial charge is 0.322 e. The summed E-state index contributed by atoms with van der Waals surface area (Å²) in [7, 11) is -3.20. The summed E-state index contributed by atoms with van der Waals surface area (Å²) in [4.78, 5) is 47.8. The molecule has 0 unspecified atom stereocenters. The summed E-state index contributed by atoms with van der Waals surface area (Å²) in [6, 6.07) is 13.3. The fourth-order valence-corrected chi connectivity index (χ4v) is 4.97. The summed E-state index contributed by atoms with van der Waals surface area (Å²) in [5.41, 5.74) is 6.18. The molecule has 204 valence electrons. The molecule has 1 aromatic carbocycles. The van der Waals surface area contributed by atoms with Gasteiger partial charge in [0.25, 0.3) is 5.91 Å². The lowest BCUT2D eigenvalue weighted by Gasteiger charge is -2.33. The van der Waals surface area contributed by atoms with Crippen LogP contribution in [0.3, 0.4) is 0 Å². The van der Waals surface area contributed by atoms with Crippen molar-refractivity contribution in [3.8, 4) is 11.1 Å². The topological polar surface area (TPSA) is 142 Å². The van der Waals surface area contributed by atoms with Crippen LogP contribution < -0.4 is 15.8 Å². The molecule has 1 aliphatic rings. The predicted molar refractivity (Wildman–Crippen MR) is 137 cm³/mol. The number of aromatic nitrogens is 2. The van der Waals surface area contributed by atoms with Crippen molar-refractivity contribution in [2.45, 2.75) is 13.0 Å². The molecule has 1 fully saturated rings. The lowest BCUT2D eigenvalue weighted by atomic mass is 10.1. The molecule has 14 heteroatoms. The van der Waals surface area contributed by atoms with E-state index >= 15 is 0 Å². The van der Waals surface area contributed by atoms with Gasteiger partial charge in [0.15, 0.2) is 9.84 Å². The average molecular weight is 559 g/mol. The number of rotatable bonds is 6. The molecule has 0 bridgehead atoms. The van der Waals surface area contributed by atoms with Gasteiger partial charge in [0.2, 0.25) is 0 Å². The fourth-order valence-electron chi connectivity index (χ4n) is 3.77. The molecule has 39 heavy (non-hydrogen) atoms. The van der Waals surface area contributed by atoms with Crippen molar-refractivity contribution in [3.63, 3.8) is 0 Å². The molecular formula is C25H24F2N6O5S. The summed E-state index contributed by atoms with van der Waals surface area (Å²) < 4.78 is 48.3. The highest BCUT2D eigenvalue weighted by atomic mass is 32.2. The number of sulfone groups is 1. The van der Waals surface area contributed by atoms with E-state index in [9.17, 15) is 31.6 Å². The van der Waals surface area contributed by atoms with Crippen LogP contribution in [-0.4, -0.2) is 72.2 Å². The molecule has 11 nitrogen and oxygen atoms in total. The summed E-state index contributed by atoms with van der Waals surface area (Å²) in [6.45, 7) is 0.114. The van der Waals surface area contributed by atoms with E-state index in [1.807, 2.05) is 29.7 Å². The first-order valence-corrected chi connectivity index (χ1v) is 13.6. The minimum absolute atomic E-state index is 0.00165. The highest BCUT2D eigenvalue weighted by Gasteiger charge is 2.29. The van der Waals surface area contributed by atoms with Crippen LogP contribution in [-0.2, 0) is 21.2 Å².